The van der Waals surface area contributed by atoms with Gasteiger partial charge >= 0.3 is 0 Å². The van der Waals surface area contributed by atoms with Gasteiger partial charge in [-0.2, -0.15) is 0 Å². The fourth-order valence-electron chi connectivity index (χ4n) is 7.23. The number of hydrogen-bond donors (Lipinski definition) is 3. The third-order valence-electron chi connectivity index (χ3n) is 10.5. The van der Waals surface area contributed by atoms with Crippen LogP contribution in [0.3, 0.4) is 0 Å². The Morgan fingerprint density at radius 1 is 0.941 bits per heavy atom. The zero-order valence-electron chi connectivity index (χ0n) is 28.8. The Morgan fingerprint density at radius 2 is 1.65 bits per heavy atom. The molecule has 1 aliphatic heterocycles. The Balaban J connectivity index is 1.08. The van der Waals surface area contributed by atoms with E-state index in [1.807, 2.05) is 42.5 Å². The molecule has 13 heteroatoms. The monoisotopic (exact) mass is 733 g/mol. The lowest BCUT2D eigenvalue weighted by atomic mass is 9.77. The van der Waals surface area contributed by atoms with Crippen molar-refractivity contribution in [2.45, 2.75) is 86.5 Å². The molecule has 1 heterocycles. The molecule has 2 saturated carbocycles. The van der Waals surface area contributed by atoms with Gasteiger partial charge in [0.05, 0.1) is 9.82 Å². The summed E-state index contributed by atoms with van der Waals surface area (Å²) in [5.74, 6) is 0.0701. The molecule has 1 saturated heterocycles. The number of sulfonamides is 1. The highest BCUT2D eigenvalue weighted by atomic mass is 32.2. The first-order chi connectivity index (χ1) is 24.6. The number of thioether (sulfide) groups is 1. The highest BCUT2D eigenvalue weighted by molar-refractivity contribution is 7.99. The first-order valence-corrected chi connectivity index (χ1v) is 20.5. The number of rotatable bonds is 16. The van der Waals surface area contributed by atoms with Crippen LogP contribution in [0.2, 0.25) is 0 Å². The Hall–Kier alpha value is -4.10. The minimum absolute atomic E-state index is 0.105. The van der Waals surface area contributed by atoms with E-state index in [-0.39, 0.29) is 34.0 Å². The molecule has 0 bridgehead atoms. The highest BCUT2D eigenvalue weighted by Crippen LogP contribution is 2.46. The largest absolute Gasteiger partial charge is 0.376 e. The molecule has 272 valence electrons. The predicted octanol–water partition coefficient (Wildman–Crippen LogP) is 7.14. The first kappa shape index (κ1) is 36.7. The van der Waals surface area contributed by atoms with E-state index in [4.69, 9.17) is 0 Å². The van der Waals surface area contributed by atoms with Gasteiger partial charge in [-0.05, 0) is 112 Å². The lowest BCUT2D eigenvalue weighted by Crippen LogP contribution is -2.38. The topological polar surface area (TPSA) is 151 Å². The van der Waals surface area contributed by atoms with E-state index >= 15 is 0 Å². The number of benzene rings is 3. The molecular weight excluding hydrogens is 687 g/mol. The van der Waals surface area contributed by atoms with Crippen molar-refractivity contribution in [1.29, 1.82) is 0 Å². The number of carbonyl (C=O) groups is 2. The summed E-state index contributed by atoms with van der Waals surface area (Å²) in [6.07, 6.45) is 11.7. The third kappa shape index (κ3) is 9.82. The average molecular weight is 734 g/mol. The SMILES string of the molecule is O=C(NS(=O)(=O)c1ccc(N[C@H](CCCCNC(=O)C2CC2)CSc2ccccc2)c([N+](=O)[O-])c1)c1ccc(N2CCC3(CCCC3)CC2)cc1. The highest BCUT2D eigenvalue weighted by Gasteiger charge is 2.37. The molecule has 51 heavy (non-hydrogen) atoms. The molecule has 3 aromatic rings. The van der Waals surface area contributed by atoms with Gasteiger partial charge in [-0.15, -0.1) is 11.8 Å². The molecule has 0 aromatic heterocycles. The Kier molecular flexibility index (Phi) is 11.9. The van der Waals surface area contributed by atoms with Gasteiger partial charge in [0.2, 0.25) is 5.91 Å². The van der Waals surface area contributed by atoms with Crippen molar-refractivity contribution >= 4 is 50.7 Å². The van der Waals surface area contributed by atoms with E-state index in [2.05, 4.69) is 20.3 Å². The van der Waals surface area contributed by atoms with Gasteiger partial charge in [0.1, 0.15) is 5.69 Å². The van der Waals surface area contributed by atoms with Crippen molar-refractivity contribution in [3.8, 4) is 0 Å². The van der Waals surface area contributed by atoms with Crippen molar-refractivity contribution < 1.29 is 22.9 Å². The second kappa shape index (κ2) is 16.5. The molecule has 3 aromatic carbocycles. The summed E-state index contributed by atoms with van der Waals surface area (Å²) < 4.78 is 28.7. The van der Waals surface area contributed by atoms with Crippen molar-refractivity contribution in [3.05, 3.63) is 88.5 Å². The zero-order chi connectivity index (χ0) is 35.8. The fourth-order valence-corrected chi connectivity index (χ4v) is 9.21. The summed E-state index contributed by atoms with van der Waals surface area (Å²) in [6.45, 7) is 2.52. The lowest BCUT2D eigenvalue weighted by molar-refractivity contribution is -0.384. The molecule has 3 fully saturated rings. The maximum absolute atomic E-state index is 13.3. The Morgan fingerprint density at radius 3 is 2.31 bits per heavy atom. The van der Waals surface area contributed by atoms with Crippen LogP contribution < -0.4 is 20.3 Å². The molecule has 2 amide bonds. The van der Waals surface area contributed by atoms with E-state index in [0.29, 0.717) is 24.1 Å². The third-order valence-corrected chi connectivity index (χ3v) is 13.0. The number of amides is 2. The van der Waals surface area contributed by atoms with Gasteiger partial charge in [0, 0.05) is 59.6 Å². The number of nitro groups is 1. The standard InChI is InChI=1S/C38H47N5O6S2/c44-36(28-11-12-28)39-23-7-4-8-30(27-50-32-9-2-1-3-10-32)40-34-18-17-33(26-35(34)43(46)47)51(48,49)41-37(45)29-13-15-31(16-14-29)42-24-21-38(22-25-42)19-5-6-20-38/h1-3,9-10,13-18,26,28,30,40H,4-8,11-12,19-25,27H2,(H,39,44)(H,41,45)/t30-/m1/s1. The van der Waals surface area contributed by atoms with Crippen LogP contribution in [0.5, 0.6) is 0 Å². The predicted molar refractivity (Wildman–Crippen MR) is 201 cm³/mol. The smallest absolute Gasteiger partial charge is 0.293 e. The molecule has 3 aliphatic rings. The summed E-state index contributed by atoms with van der Waals surface area (Å²) >= 11 is 1.62. The van der Waals surface area contributed by atoms with Crippen LogP contribution in [0, 0.1) is 21.4 Å². The van der Waals surface area contributed by atoms with Crippen molar-refractivity contribution in [2.24, 2.45) is 11.3 Å². The number of nitro benzene ring substituents is 1. The number of hydrogen-bond acceptors (Lipinski definition) is 9. The van der Waals surface area contributed by atoms with Crippen LogP contribution in [0.1, 0.15) is 81.0 Å². The van der Waals surface area contributed by atoms with Gasteiger partial charge in [-0.1, -0.05) is 31.0 Å². The summed E-state index contributed by atoms with van der Waals surface area (Å²) in [6, 6.07) is 20.2. The number of anilines is 2. The minimum Gasteiger partial charge on any atom is -0.376 e. The van der Waals surface area contributed by atoms with E-state index in [1.165, 1.54) is 50.7 Å². The number of nitrogens with zero attached hydrogens (tertiary/aromatic N) is 2. The van der Waals surface area contributed by atoms with Crippen LogP contribution in [-0.4, -0.2) is 56.6 Å². The maximum atomic E-state index is 13.3. The van der Waals surface area contributed by atoms with Crippen LogP contribution in [0.4, 0.5) is 17.1 Å². The molecule has 0 unspecified atom stereocenters. The maximum Gasteiger partial charge on any atom is 0.293 e. The van der Waals surface area contributed by atoms with Crippen molar-refractivity contribution in [3.63, 3.8) is 0 Å². The molecule has 3 N–H and O–H groups in total. The zero-order valence-corrected chi connectivity index (χ0v) is 30.5. The molecule has 1 atom stereocenters. The summed E-state index contributed by atoms with van der Waals surface area (Å²) in [5.41, 5.74) is 1.47. The normalized spacial score (nSPS) is 17.5. The van der Waals surface area contributed by atoms with Crippen LogP contribution in [0.15, 0.2) is 82.6 Å². The average Bonchev–Trinajstić information content (AvgIpc) is 3.90. The molecule has 2 aliphatic carbocycles. The number of nitrogens with one attached hydrogen (secondary N) is 3. The summed E-state index contributed by atoms with van der Waals surface area (Å²) in [7, 11) is -4.41. The number of piperidine rings is 1. The second-order valence-corrected chi connectivity index (χ2v) is 16.9. The first-order valence-electron chi connectivity index (χ1n) is 18.0. The van der Waals surface area contributed by atoms with E-state index in [0.717, 1.165) is 55.4 Å². The van der Waals surface area contributed by atoms with E-state index in [1.54, 1.807) is 23.9 Å². The van der Waals surface area contributed by atoms with Crippen molar-refractivity contribution in [2.75, 3.05) is 35.6 Å². The van der Waals surface area contributed by atoms with Gasteiger partial charge in [0.25, 0.3) is 21.6 Å². The summed E-state index contributed by atoms with van der Waals surface area (Å²) in [4.78, 5) is 39.6. The van der Waals surface area contributed by atoms with Crippen LogP contribution >= 0.6 is 11.8 Å². The lowest BCUT2D eigenvalue weighted by Gasteiger charge is -2.40. The fraction of sp³-hybridized carbons (Fsp3) is 0.474. The van der Waals surface area contributed by atoms with Crippen molar-refractivity contribution in [1.82, 2.24) is 10.0 Å². The second-order valence-electron chi connectivity index (χ2n) is 14.1. The van der Waals surface area contributed by atoms with Crippen LogP contribution in [-0.2, 0) is 14.8 Å². The molecular formula is C38H47N5O6S2. The van der Waals surface area contributed by atoms with Gasteiger partial charge in [-0.3, -0.25) is 19.7 Å². The van der Waals surface area contributed by atoms with Gasteiger partial charge < -0.3 is 15.5 Å². The van der Waals surface area contributed by atoms with E-state index in [9.17, 15) is 28.1 Å². The Bertz CT molecular complexity index is 1780. The van der Waals surface area contributed by atoms with Crippen LogP contribution in [0.25, 0.3) is 0 Å². The molecule has 0 radical (unpaired) electrons. The van der Waals surface area contributed by atoms with Gasteiger partial charge in [-0.25, -0.2) is 13.1 Å². The van der Waals surface area contributed by atoms with E-state index < -0.39 is 26.5 Å². The quantitative estimate of drug-likeness (QED) is 0.0604. The van der Waals surface area contributed by atoms with Gasteiger partial charge in [0.15, 0.2) is 0 Å². The Labute approximate surface area is 304 Å². The molecule has 11 nitrogen and oxygen atoms in total. The molecule has 1 spiro atoms. The minimum atomic E-state index is -4.41. The molecule has 6 rings (SSSR count). The number of unbranched alkanes of at least 4 members (excludes halogenated alkanes) is 1. The number of carbonyl (C=O) groups excluding carboxylic acids is 2. The summed E-state index contributed by atoms with van der Waals surface area (Å²) in [5, 5.41) is 18.5.